The van der Waals surface area contributed by atoms with Crippen molar-refractivity contribution >= 4 is 43.2 Å². The zero-order valence-electron chi connectivity index (χ0n) is 8.55. The number of hydrogen-bond acceptors (Lipinski definition) is 5. The molecule has 1 aromatic rings. The van der Waals surface area contributed by atoms with E-state index in [0.29, 0.717) is 0 Å². The highest BCUT2D eigenvalue weighted by atomic mass is 35.5. The van der Waals surface area contributed by atoms with Gasteiger partial charge in [0.25, 0.3) is 0 Å². The van der Waals surface area contributed by atoms with Crippen molar-refractivity contribution in [3.8, 4) is 5.75 Å². The van der Waals surface area contributed by atoms with Gasteiger partial charge in [-0.25, -0.2) is 8.42 Å². The average Bonchev–Trinajstić information content (AvgIpc) is 2.06. The molecule has 9 heteroatoms. The minimum Gasteiger partial charge on any atom is -0.382 e. The summed E-state index contributed by atoms with van der Waals surface area (Å²) in [5.74, 6) is -0.0944. The Kier molecular flexibility index (Phi) is 4.29. The summed E-state index contributed by atoms with van der Waals surface area (Å²) in [5, 5.41) is -0.751. The summed E-state index contributed by atoms with van der Waals surface area (Å²) >= 11 is 11.3. The van der Waals surface area contributed by atoms with Gasteiger partial charge in [-0.2, -0.15) is 8.42 Å². The van der Waals surface area contributed by atoms with Crippen LogP contribution in [0.25, 0.3) is 0 Å². The highest BCUT2D eigenvalue weighted by Crippen LogP contribution is 2.27. The van der Waals surface area contributed by atoms with Crippen LogP contribution in [0.1, 0.15) is 0 Å². The van der Waals surface area contributed by atoms with E-state index < -0.39 is 25.0 Å². The lowest BCUT2D eigenvalue weighted by molar-refractivity contribution is 0.490. The fraction of sp³-hybridized carbons (Fsp3) is 0.250. The molecule has 0 saturated carbocycles. The van der Waals surface area contributed by atoms with E-state index in [0.717, 1.165) is 6.26 Å². The Morgan fingerprint density at radius 3 is 2.18 bits per heavy atom. The van der Waals surface area contributed by atoms with Gasteiger partial charge in [0, 0.05) is 12.3 Å². The van der Waals surface area contributed by atoms with Gasteiger partial charge in [0.2, 0.25) is 0 Å². The molecule has 0 fully saturated rings. The highest BCUT2D eigenvalue weighted by Gasteiger charge is 2.20. The molecule has 0 spiro atoms. The van der Waals surface area contributed by atoms with Gasteiger partial charge in [-0.1, -0.05) is 23.2 Å². The molecule has 0 bridgehead atoms. The van der Waals surface area contributed by atoms with Gasteiger partial charge < -0.3 is 4.18 Å². The molecule has 5 nitrogen and oxygen atoms in total. The zero-order valence-corrected chi connectivity index (χ0v) is 11.7. The summed E-state index contributed by atoms with van der Waals surface area (Å²) < 4.78 is 48.9. The Hall–Kier alpha value is -0.500. The first-order valence-electron chi connectivity index (χ1n) is 4.14. The van der Waals surface area contributed by atoms with E-state index in [9.17, 15) is 16.8 Å². The third-order valence-corrected chi connectivity index (χ3v) is 5.53. The summed E-state index contributed by atoms with van der Waals surface area (Å²) in [7, 11) is -7.90. The molecule has 0 aliphatic heterocycles. The van der Waals surface area contributed by atoms with Crippen molar-refractivity contribution in [3.63, 3.8) is 0 Å². The molecule has 96 valence electrons. The Labute approximate surface area is 109 Å². The predicted molar refractivity (Wildman–Crippen MR) is 65.7 cm³/mol. The smallest absolute Gasteiger partial charge is 0.323 e. The Morgan fingerprint density at radius 1 is 1.12 bits per heavy atom. The lowest BCUT2D eigenvalue weighted by Crippen LogP contribution is -2.20. The number of rotatable bonds is 4. The lowest BCUT2D eigenvalue weighted by atomic mass is 10.3. The van der Waals surface area contributed by atoms with Crippen molar-refractivity contribution in [3.05, 3.63) is 28.2 Å². The fourth-order valence-corrected chi connectivity index (χ4v) is 3.94. The summed E-state index contributed by atoms with van der Waals surface area (Å²) in [6, 6.07) is 3.80. The zero-order chi connectivity index (χ0) is 13.3. The quantitative estimate of drug-likeness (QED) is 0.790. The van der Waals surface area contributed by atoms with Crippen molar-refractivity contribution in [2.75, 3.05) is 11.3 Å². The van der Waals surface area contributed by atoms with Crippen molar-refractivity contribution in [2.45, 2.75) is 0 Å². The van der Waals surface area contributed by atoms with Gasteiger partial charge in [0.05, 0.1) is 10.0 Å². The maximum Gasteiger partial charge on any atom is 0.323 e. The van der Waals surface area contributed by atoms with Gasteiger partial charge in [-0.3, -0.25) is 0 Å². The van der Waals surface area contributed by atoms with E-state index in [1.54, 1.807) is 0 Å². The van der Waals surface area contributed by atoms with Gasteiger partial charge >= 0.3 is 10.1 Å². The van der Waals surface area contributed by atoms with Crippen LogP contribution >= 0.6 is 23.2 Å². The van der Waals surface area contributed by atoms with Crippen LogP contribution < -0.4 is 4.18 Å². The maximum atomic E-state index is 11.3. The summed E-state index contributed by atoms with van der Waals surface area (Å²) in [6.07, 6.45) is 0.794. The van der Waals surface area contributed by atoms with E-state index in [1.165, 1.54) is 18.2 Å². The minimum atomic E-state index is -4.21. The number of benzene rings is 1. The van der Waals surface area contributed by atoms with E-state index in [4.69, 9.17) is 23.2 Å². The monoisotopic (exact) mass is 318 g/mol. The fourth-order valence-electron chi connectivity index (χ4n) is 0.962. The van der Waals surface area contributed by atoms with Crippen LogP contribution in [0.2, 0.25) is 10.0 Å². The van der Waals surface area contributed by atoms with Crippen LogP contribution in [0.5, 0.6) is 5.75 Å². The molecule has 0 heterocycles. The Bertz CT molecular complexity index is 621. The Morgan fingerprint density at radius 2 is 1.71 bits per heavy atom. The van der Waals surface area contributed by atoms with E-state index >= 15 is 0 Å². The van der Waals surface area contributed by atoms with E-state index in [-0.39, 0.29) is 15.8 Å². The van der Waals surface area contributed by atoms with Crippen LogP contribution in [0.3, 0.4) is 0 Å². The molecule has 0 aromatic heterocycles. The van der Waals surface area contributed by atoms with Gasteiger partial charge in [-0.05, 0) is 12.1 Å². The van der Waals surface area contributed by atoms with Crippen LogP contribution in [0.15, 0.2) is 18.2 Å². The highest BCUT2D eigenvalue weighted by molar-refractivity contribution is 8.05. The van der Waals surface area contributed by atoms with Crippen LogP contribution in [0.4, 0.5) is 0 Å². The minimum absolute atomic E-state index is 0.0944. The summed E-state index contributed by atoms with van der Waals surface area (Å²) in [6.45, 7) is 0. The van der Waals surface area contributed by atoms with Crippen LogP contribution in [-0.2, 0) is 20.0 Å². The van der Waals surface area contributed by atoms with Crippen molar-refractivity contribution < 1.29 is 21.0 Å². The number of halogens is 2. The topological polar surface area (TPSA) is 77.5 Å². The molecule has 0 amide bonds. The average molecular weight is 319 g/mol. The third-order valence-electron chi connectivity index (χ3n) is 1.47. The van der Waals surface area contributed by atoms with Crippen molar-refractivity contribution in [2.24, 2.45) is 0 Å². The summed E-state index contributed by atoms with van der Waals surface area (Å²) in [5.41, 5.74) is 0. The molecule has 0 atom stereocenters. The SMILES string of the molecule is CS(=O)(=O)CS(=O)(=O)Oc1ccc(Cl)c(Cl)c1. The molecule has 0 unspecified atom stereocenters. The second-order valence-electron chi connectivity index (χ2n) is 3.26. The van der Waals surface area contributed by atoms with Crippen molar-refractivity contribution in [1.82, 2.24) is 0 Å². The first-order valence-corrected chi connectivity index (χ1v) is 8.53. The lowest BCUT2D eigenvalue weighted by Gasteiger charge is -2.06. The predicted octanol–water partition coefficient (Wildman–Crippen LogP) is 1.70. The molecule has 1 aromatic carbocycles. The molecule has 0 aliphatic carbocycles. The Balaban J connectivity index is 2.95. The largest absolute Gasteiger partial charge is 0.382 e. The molecule has 0 saturated heterocycles. The molecular formula is C8H8Cl2O5S2. The van der Waals surface area contributed by atoms with Crippen LogP contribution in [-0.4, -0.2) is 28.2 Å². The van der Waals surface area contributed by atoms with Gasteiger partial charge in [0.15, 0.2) is 14.9 Å². The molecule has 0 N–H and O–H groups in total. The normalized spacial score (nSPS) is 12.4. The molecule has 0 aliphatic rings. The van der Waals surface area contributed by atoms with E-state index in [2.05, 4.69) is 4.18 Å². The first kappa shape index (κ1) is 14.6. The van der Waals surface area contributed by atoms with Crippen LogP contribution in [0, 0.1) is 0 Å². The van der Waals surface area contributed by atoms with Crippen molar-refractivity contribution in [1.29, 1.82) is 0 Å². The maximum absolute atomic E-state index is 11.3. The second-order valence-corrected chi connectivity index (χ2v) is 8.15. The third kappa shape index (κ3) is 5.12. The molecular weight excluding hydrogens is 311 g/mol. The van der Waals surface area contributed by atoms with Gasteiger partial charge in [0.1, 0.15) is 5.75 Å². The summed E-state index contributed by atoms with van der Waals surface area (Å²) in [4.78, 5) is 0. The molecule has 1 rings (SSSR count). The standard InChI is InChI=1S/C8H8Cl2O5S2/c1-16(11,12)5-17(13,14)15-6-2-3-7(9)8(10)4-6/h2-4H,5H2,1H3. The number of hydrogen-bond donors (Lipinski definition) is 0. The second kappa shape index (κ2) is 5.01. The first-order chi connectivity index (χ1) is 7.59. The van der Waals surface area contributed by atoms with Gasteiger partial charge in [-0.15, -0.1) is 0 Å². The number of sulfone groups is 1. The molecule has 0 radical (unpaired) electrons. The molecule has 17 heavy (non-hydrogen) atoms. The van der Waals surface area contributed by atoms with E-state index in [1.807, 2.05) is 0 Å².